The first-order valence-electron chi connectivity index (χ1n) is 7.55. The van der Waals surface area contributed by atoms with E-state index >= 15 is 0 Å². The molecule has 4 nitrogen and oxygen atoms in total. The van der Waals surface area contributed by atoms with Gasteiger partial charge in [0.2, 0.25) is 0 Å². The Morgan fingerprint density at radius 1 is 1.48 bits per heavy atom. The third-order valence-corrected chi connectivity index (χ3v) is 4.29. The Labute approximate surface area is 124 Å². The first-order chi connectivity index (χ1) is 10.1. The summed E-state index contributed by atoms with van der Waals surface area (Å²) in [5, 5.41) is 14.2. The van der Waals surface area contributed by atoms with E-state index in [2.05, 4.69) is 12.2 Å². The van der Waals surface area contributed by atoms with Crippen molar-refractivity contribution >= 4 is 16.9 Å². The molecule has 1 aromatic heterocycles. The van der Waals surface area contributed by atoms with Crippen LogP contribution in [0.3, 0.4) is 0 Å². The maximum atomic E-state index is 12.2. The van der Waals surface area contributed by atoms with Crippen LogP contribution in [0.25, 0.3) is 11.0 Å². The molecule has 112 valence electrons. The summed E-state index contributed by atoms with van der Waals surface area (Å²) in [7, 11) is 0. The summed E-state index contributed by atoms with van der Waals surface area (Å²) in [4.78, 5) is 12.2. The van der Waals surface area contributed by atoms with Crippen LogP contribution in [0.4, 0.5) is 0 Å². The number of carbonyl (C=O) groups excluding carboxylic acids is 1. The van der Waals surface area contributed by atoms with Crippen molar-refractivity contribution in [3.05, 3.63) is 36.1 Å². The van der Waals surface area contributed by atoms with Crippen LogP contribution in [0.2, 0.25) is 0 Å². The molecule has 0 aliphatic heterocycles. The average Bonchev–Trinajstić information content (AvgIpc) is 2.88. The van der Waals surface area contributed by atoms with Gasteiger partial charge in [-0.05, 0) is 30.9 Å². The molecule has 1 aromatic carbocycles. The molecular formula is C17H21NO3. The van der Waals surface area contributed by atoms with Gasteiger partial charge in [-0.1, -0.05) is 38.0 Å². The fraction of sp³-hybridized carbons (Fsp3) is 0.471. The number of rotatable bonds is 3. The second-order valence-electron chi connectivity index (χ2n) is 6.26. The minimum Gasteiger partial charge on any atom is -0.451 e. The summed E-state index contributed by atoms with van der Waals surface area (Å²) in [6.07, 6.45) is 3.66. The summed E-state index contributed by atoms with van der Waals surface area (Å²) in [5.74, 6) is 0.536. The molecule has 21 heavy (non-hydrogen) atoms. The lowest BCUT2D eigenvalue weighted by atomic mass is 9.79. The molecule has 0 saturated heterocycles. The number of fused-ring (bicyclic) bond motifs is 1. The minimum absolute atomic E-state index is 0.266. The highest BCUT2D eigenvalue weighted by Crippen LogP contribution is 2.31. The summed E-state index contributed by atoms with van der Waals surface area (Å²) in [6, 6.07) is 9.26. The zero-order valence-electron chi connectivity index (χ0n) is 12.3. The first-order valence-corrected chi connectivity index (χ1v) is 7.55. The van der Waals surface area contributed by atoms with Crippen LogP contribution in [0.5, 0.6) is 0 Å². The van der Waals surface area contributed by atoms with Crippen molar-refractivity contribution in [1.29, 1.82) is 0 Å². The van der Waals surface area contributed by atoms with Crippen molar-refractivity contribution < 1.29 is 14.3 Å². The number of carbonyl (C=O) groups is 1. The third-order valence-electron chi connectivity index (χ3n) is 4.29. The average molecular weight is 287 g/mol. The van der Waals surface area contributed by atoms with Gasteiger partial charge in [0, 0.05) is 11.9 Å². The normalized spacial score (nSPS) is 25.9. The van der Waals surface area contributed by atoms with Crippen LogP contribution < -0.4 is 5.32 Å². The largest absolute Gasteiger partial charge is 0.451 e. The Bertz CT molecular complexity index is 615. The number of amides is 1. The van der Waals surface area contributed by atoms with Crippen LogP contribution in [0.15, 0.2) is 34.7 Å². The molecule has 1 aliphatic carbocycles. The molecule has 1 fully saturated rings. The summed E-state index contributed by atoms with van der Waals surface area (Å²) >= 11 is 0. The van der Waals surface area contributed by atoms with Gasteiger partial charge < -0.3 is 14.8 Å². The first kappa shape index (κ1) is 14.1. The van der Waals surface area contributed by atoms with Crippen LogP contribution in [0.1, 0.15) is 43.2 Å². The van der Waals surface area contributed by atoms with Gasteiger partial charge >= 0.3 is 0 Å². The Morgan fingerprint density at radius 3 is 3.05 bits per heavy atom. The number of para-hydroxylation sites is 1. The SMILES string of the molecule is CC1CCCC(O)(CNC(=O)c2cc3ccccc3o2)C1. The number of aliphatic hydroxyl groups is 1. The standard InChI is InChI=1S/C17H21NO3/c1-12-5-4-8-17(20,10-12)11-18-16(19)15-9-13-6-2-3-7-14(13)21-15/h2-3,6-7,9,12,20H,4-5,8,10-11H2,1H3,(H,18,19). The molecule has 1 saturated carbocycles. The van der Waals surface area contributed by atoms with Gasteiger partial charge in [0.15, 0.2) is 5.76 Å². The van der Waals surface area contributed by atoms with Crippen LogP contribution in [0, 0.1) is 5.92 Å². The molecule has 1 amide bonds. The molecule has 2 unspecified atom stereocenters. The quantitative estimate of drug-likeness (QED) is 0.911. The third kappa shape index (κ3) is 3.10. The fourth-order valence-electron chi connectivity index (χ4n) is 3.22. The van der Waals surface area contributed by atoms with E-state index < -0.39 is 5.60 Å². The predicted molar refractivity (Wildman–Crippen MR) is 81.1 cm³/mol. The topological polar surface area (TPSA) is 62.5 Å². The van der Waals surface area contributed by atoms with Crippen LogP contribution >= 0.6 is 0 Å². The van der Waals surface area contributed by atoms with E-state index in [0.717, 1.165) is 31.1 Å². The van der Waals surface area contributed by atoms with Gasteiger partial charge in [-0.2, -0.15) is 0 Å². The second kappa shape index (κ2) is 5.53. The van der Waals surface area contributed by atoms with Crippen LogP contribution in [-0.4, -0.2) is 23.2 Å². The molecule has 2 aromatic rings. The number of benzene rings is 1. The maximum absolute atomic E-state index is 12.2. The lowest BCUT2D eigenvalue weighted by molar-refractivity contribution is -0.0110. The monoisotopic (exact) mass is 287 g/mol. The molecule has 4 heteroatoms. The highest BCUT2D eigenvalue weighted by molar-refractivity contribution is 5.96. The molecule has 0 bridgehead atoms. The van der Waals surface area contributed by atoms with Crippen molar-refractivity contribution in [3.63, 3.8) is 0 Å². The zero-order chi connectivity index (χ0) is 14.9. The van der Waals surface area contributed by atoms with Gasteiger partial charge in [0.05, 0.1) is 5.60 Å². The Morgan fingerprint density at radius 2 is 2.29 bits per heavy atom. The van der Waals surface area contributed by atoms with Crippen molar-refractivity contribution in [2.75, 3.05) is 6.54 Å². The van der Waals surface area contributed by atoms with Crippen molar-refractivity contribution in [2.24, 2.45) is 5.92 Å². The summed E-state index contributed by atoms with van der Waals surface area (Å²) < 4.78 is 5.53. The molecule has 1 aliphatic rings. The molecule has 2 N–H and O–H groups in total. The fourth-order valence-corrected chi connectivity index (χ4v) is 3.22. The van der Waals surface area contributed by atoms with E-state index in [1.54, 1.807) is 6.07 Å². The Hall–Kier alpha value is -1.81. The van der Waals surface area contributed by atoms with Crippen molar-refractivity contribution in [1.82, 2.24) is 5.32 Å². The predicted octanol–water partition coefficient (Wildman–Crippen LogP) is 3.10. The van der Waals surface area contributed by atoms with E-state index in [0.29, 0.717) is 17.3 Å². The number of hydrogen-bond donors (Lipinski definition) is 2. The summed E-state index contributed by atoms with van der Waals surface area (Å²) in [6.45, 7) is 2.43. The highest BCUT2D eigenvalue weighted by atomic mass is 16.3. The number of hydrogen-bond acceptors (Lipinski definition) is 3. The molecule has 2 atom stereocenters. The second-order valence-corrected chi connectivity index (χ2v) is 6.26. The molecular weight excluding hydrogens is 266 g/mol. The van der Waals surface area contributed by atoms with E-state index in [1.807, 2.05) is 24.3 Å². The van der Waals surface area contributed by atoms with Gasteiger partial charge in [0.25, 0.3) is 5.91 Å². The lowest BCUT2D eigenvalue weighted by Gasteiger charge is -2.35. The molecule has 3 rings (SSSR count). The highest BCUT2D eigenvalue weighted by Gasteiger charge is 2.33. The molecule has 1 heterocycles. The number of nitrogens with one attached hydrogen (secondary N) is 1. The number of furan rings is 1. The Balaban J connectivity index is 1.66. The minimum atomic E-state index is -0.778. The van der Waals surface area contributed by atoms with E-state index in [1.165, 1.54) is 0 Å². The van der Waals surface area contributed by atoms with Gasteiger partial charge in [-0.15, -0.1) is 0 Å². The maximum Gasteiger partial charge on any atom is 0.287 e. The Kier molecular flexibility index (Phi) is 3.72. The van der Waals surface area contributed by atoms with Gasteiger partial charge in [-0.3, -0.25) is 4.79 Å². The van der Waals surface area contributed by atoms with E-state index in [9.17, 15) is 9.90 Å². The van der Waals surface area contributed by atoms with E-state index in [4.69, 9.17) is 4.42 Å². The van der Waals surface area contributed by atoms with E-state index in [-0.39, 0.29) is 12.5 Å². The van der Waals surface area contributed by atoms with Crippen LogP contribution in [-0.2, 0) is 0 Å². The van der Waals surface area contributed by atoms with Crippen molar-refractivity contribution in [3.8, 4) is 0 Å². The zero-order valence-corrected chi connectivity index (χ0v) is 12.3. The van der Waals surface area contributed by atoms with Crippen molar-refractivity contribution in [2.45, 2.75) is 38.2 Å². The lowest BCUT2D eigenvalue weighted by Crippen LogP contribution is -2.45. The van der Waals surface area contributed by atoms with Gasteiger partial charge in [0.1, 0.15) is 5.58 Å². The molecule has 0 radical (unpaired) electrons. The smallest absolute Gasteiger partial charge is 0.287 e. The molecule has 0 spiro atoms. The van der Waals surface area contributed by atoms with Gasteiger partial charge in [-0.25, -0.2) is 0 Å². The summed E-state index contributed by atoms with van der Waals surface area (Å²) in [5.41, 5.74) is -0.0769.